The van der Waals surface area contributed by atoms with E-state index in [1.165, 1.54) is 17.8 Å². The predicted molar refractivity (Wildman–Crippen MR) is 85.7 cm³/mol. The van der Waals surface area contributed by atoms with Gasteiger partial charge in [0.25, 0.3) is 5.95 Å². The van der Waals surface area contributed by atoms with Crippen LogP contribution in [0.15, 0.2) is 16.7 Å². The Labute approximate surface area is 145 Å². The molecule has 1 saturated heterocycles. The fraction of sp³-hybridized carbons (Fsp3) is 0.462. The first-order valence-corrected chi connectivity index (χ1v) is 7.50. The van der Waals surface area contributed by atoms with Gasteiger partial charge in [0, 0.05) is 0 Å². The van der Waals surface area contributed by atoms with E-state index < -0.39 is 30.2 Å². The van der Waals surface area contributed by atoms with Gasteiger partial charge in [0.15, 0.2) is 10.9 Å². The van der Waals surface area contributed by atoms with E-state index >= 15 is 4.39 Å². The first-order chi connectivity index (χ1) is 11.8. The number of hydrogen-bond donors (Lipinski definition) is 4. The summed E-state index contributed by atoms with van der Waals surface area (Å²) in [6.45, 7) is 1.36. The van der Waals surface area contributed by atoms with Gasteiger partial charge in [0.2, 0.25) is 5.67 Å². The largest absolute Gasteiger partial charge is 0.391 e. The van der Waals surface area contributed by atoms with Gasteiger partial charge >= 0.3 is 0 Å². The van der Waals surface area contributed by atoms with Gasteiger partial charge in [0.05, 0.1) is 12.4 Å². The summed E-state index contributed by atoms with van der Waals surface area (Å²) in [5.74, 6) is 6.88. The van der Waals surface area contributed by atoms with Crippen molar-refractivity contribution in [1.82, 2.24) is 19.5 Å². The monoisotopic (exact) mass is 367 g/mol. The maximum Gasteiger partial charge on any atom is 0.251 e. The second-order valence-corrected chi connectivity index (χ2v) is 5.87. The number of alkyl halides is 1. The van der Waals surface area contributed by atoms with Crippen LogP contribution < -0.4 is 5.84 Å². The summed E-state index contributed by atoms with van der Waals surface area (Å²) in [4.78, 5) is 10.7. The molecule has 0 amide bonds. The van der Waals surface area contributed by atoms with E-state index in [2.05, 4.69) is 25.3 Å². The summed E-state index contributed by atoms with van der Waals surface area (Å²) in [6, 6.07) is 0. The quantitative estimate of drug-likeness (QED) is 0.202. The summed E-state index contributed by atoms with van der Waals surface area (Å²) in [5, 5.41) is 26.5. The molecule has 5 N–H and O–H groups in total. The fourth-order valence-corrected chi connectivity index (χ4v) is 2.95. The normalized spacial score (nSPS) is 30.8. The molecular weight excluding hydrogens is 353 g/mol. The minimum Gasteiger partial charge on any atom is -0.391 e. The SMILES string of the molecule is C#C[C@@]1(F)C(O)[C@@H]([C@@H](C)O)O[C@H]1n1cnc2c(=S)nc(N=NN)[nH]c21. The smallest absolute Gasteiger partial charge is 0.251 e. The number of aliphatic hydroxyl groups is 2. The lowest BCUT2D eigenvalue weighted by atomic mass is 9.95. The molecule has 0 aromatic carbocycles. The number of imidazole rings is 1. The second-order valence-electron chi connectivity index (χ2n) is 5.48. The van der Waals surface area contributed by atoms with Crippen LogP contribution in [0.4, 0.5) is 10.3 Å². The van der Waals surface area contributed by atoms with Crippen molar-refractivity contribution in [2.24, 2.45) is 16.2 Å². The molecule has 2 aromatic rings. The molecule has 10 nitrogen and oxygen atoms in total. The molecule has 1 aliphatic rings. The van der Waals surface area contributed by atoms with Crippen LogP contribution in [0.3, 0.4) is 0 Å². The fourth-order valence-electron chi connectivity index (χ4n) is 2.71. The summed E-state index contributed by atoms with van der Waals surface area (Å²) < 4.78 is 22.0. The number of aromatic nitrogens is 4. The third-order valence-electron chi connectivity index (χ3n) is 3.92. The van der Waals surface area contributed by atoms with Gasteiger partial charge in [-0.25, -0.2) is 9.37 Å². The molecular formula is C13H14FN7O3S. The standard InChI is InChI=1S/C13H14FN7O3S/c1-3-13(14)8(23)7(5(2)22)24-11(13)21-4-16-6-9(21)17-12(19-20-15)18-10(6)25/h1,4-5,7-8,11,22-23H,2H3,(H3,15,17,18,19,25)/t5-,7-,8?,11-,13-/m1/s1. The van der Waals surface area contributed by atoms with Crippen molar-refractivity contribution in [3.63, 3.8) is 0 Å². The number of terminal acetylenes is 1. The average molecular weight is 367 g/mol. The summed E-state index contributed by atoms with van der Waals surface area (Å²) in [6.07, 6.45) is 0.941. The Balaban J connectivity index is 2.18. The van der Waals surface area contributed by atoms with Crippen molar-refractivity contribution in [2.45, 2.75) is 37.1 Å². The maximum atomic E-state index is 15.3. The van der Waals surface area contributed by atoms with Crippen molar-refractivity contribution in [2.75, 3.05) is 0 Å². The lowest BCUT2D eigenvalue weighted by Gasteiger charge is -2.23. The van der Waals surface area contributed by atoms with Gasteiger partial charge in [-0.15, -0.1) is 6.42 Å². The minimum absolute atomic E-state index is 0.0301. The zero-order valence-corrected chi connectivity index (χ0v) is 13.7. The van der Waals surface area contributed by atoms with E-state index in [1.54, 1.807) is 0 Å². The zero-order valence-electron chi connectivity index (χ0n) is 12.9. The number of halogens is 1. The first-order valence-electron chi connectivity index (χ1n) is 7.09. The number of aromatic amines is 1. The topological polar surface area (TPSA) is 147 Å². The van der Waals surface area contributed by atoms with E-state index in [0.29, 0.717) is 0 Å². The number of aliphatic hydroxyl groups excluding tert-OH is 2. The predicted octanol–water partition coefficient (Wildman–Crippen LogP) is 0.427. The van der Waals surface area contributed by atoms with Crippen molar-refractivity contribution >= 4 is 29.3 Å². The number of fused-ring (bicyclic) bond motifs is 1. The molecule has 0 saturated carbocycles. The number of H-pyrrole nitrogens is 1. The highest BCUT2D eigenvalue weighted by atomic mass is 32.1. The number of rotatable bonds is 3. The number of nitrogens with two attached hydrogens (primary N) is 1. The number of hydrogen-bond acceptors (Lipinski definition) is 8. The Morgan fingerprint density at radius 3 is 3.00 bits per heavy atom. The van der Waals surface area contributed by atoms with E-state index in [-0.39, 0.29) is 21.8 Å². The molecule has 0 bridgehead atoms. The van der Waals surface area contributed by atoms with Gasteiger partial charge in [0.1, 0.15) is 23.4 Å². The highest BCUT2D eigenvalue weighted by Gasteiger charge is 2.59. The van der Waals surface area contributed by atoms with Crippen LogP contribution in [-0.2, 0) is 4.74 Å². The lowest BCUT2D eigenvalue weighted by Crippen LogP contribution is -2.43. The molecule has 25 heavy (non-hydrogen) atoms. The average Bonchev–Trinajstić information content (AvgIpc) is 3.09. The molecule has 1 aliphatic heterocycles. The van der Waals surface area contributed by atoms with E-state index in [9.17, 15) is 10.2 Å². The van der Waals surface area contributed by atoms with Crippen LogP contribution in [0.1, 0.15) is 13.2 Å². The summed E-state index contributed by atoms with van der Waals surface area (Å²) in [5.41, 5.74) is -2.17. The highest BCUT2D eigenvalue weighted by molar-refractivity contribution is 7.71. The van der Waals surface area contributed by atoms with Gasteiger partial charge in [-0.05, 0) is 6.92 Å². The third-order valence-corrected chi connectivity index (χ3v) is 4.21. The van der Waals surface area contributed by atoms with Crippen molar-refractivity contribution in [1.29, 1.82) is 0 Å². The minimum atomic E-state index is -2.61. The van der Waals surface area contributed by atoms with Crippen LogP contribution in [0, 0.1) is 17.0 Å². The van der Waals surface area contributed by atoms with Gasteiger partial charge < -0.3 is 25.8 Å². The number of ether oxygens (including phenoxy) is 1. The Morgan fingerprint density at radius 2 is 2.40 bits per heavy atom. The van der Waals surface area contributed by atoms with E-state index in [0.717, 1.165) is 0 Å². The molecule has 12 heteroatoms. The first kappa shape index (κ1) is 17.4. The van der Waals surface area contributed by atoms with Crippen LogP contribution in [0.5, 0.6) is 0 Å². The van der Waals surface area contributed by atoms with Crippen molar-refractivity contribution in [3.05, 3.63) is 11.0 Å². The Morgan fingerprint density at radius 1 is 1.68 bits per heavy atom. The molecule has 132 valence electrons. The van der Waals surface area contributed by atoms with Crippen LogP contribution in [-0.4, -0.2) is 53.7 Å². The molecule has 0 radical (unpaired) electrons. The number of nitrogens with one attached hydrogen (secondary N) is 1. The second kappa shape index (κ2) is 6.12. The van der Waals surface area contributed by atoms with Crippen LogP contribution >= 0.6 is 12.2 Å². The summed E-state index contributed by atoms with van der Waals surface area (Å²) >= 11 is 5.10. The third kappa shape index (κ3) is 2.57. The molecule has 3 heterocycles. The molecule has 3 rings (SSSR count). The van der Waals surface area contributed by atoms with E-state index in [1.807, 2.05) is 5.92 Å². The van der Waals surface area contributed by atoms with E-state index in [4.69, 9.17) is 29.2 Å². The molecule has 5 atom stereocenters. The Bertz CT molecular complexity index is 936. The van der Waals surface area contributed by atoms with Gasteiger partial charge in [-0.1, -0.05) is 28.5 Å². The Hall–Kier alpha value is -2.46. The maximum absolute atomic E-state index is 15.3. The molecule has 1 fully saturated rings. The molecule has 0 aliphatic carbocycles. The van der Waals surface area contributed by atoms with Crippen molar-refractivity contribution < 1.29 is 19.3 Å². The Kier molecular flexibility index (Phi) is 4.25. The lowest BCUT2D eigenvalue weighted by molar-refractivity contribution is -0.0776. The highest BCUT2D eigenvalue weighted by Crippen LogP contribution is 2.43. The summed E-state index contributed by atoms with van der Waals surface area (Å²) in [7, 11) is 0. The zero-order chi connectivity index (χ0) is 18.4. The number of nitrogens with zero attached hydrogens (tertiary/aromatic N) is 5. The molecule has 0 spiro atoms. The molecule has 1 unspecified atom stereocenters. The van der Waals surface area contributed by atoms with Crippen LogP contribution in [0.2, 0.25) is 0 Å². The molecule has 2 aromatic heterocycles. The van der Waals surface area contributed by atoms with Gasteiger partial charge in [-0.3, -0.25) is 4.57 Å². The van der Waals surface area contributed by atoms with Gasteiger partial charge in [-0.2, -0.15) is 4.98 Å². The van der Waals surface area contributed by atoms with Crippen LogP contribution in [0.25, 0.3) is 11.2 Å². The van der Waals surface area contributed by atoms with Crippen molar-refractivity contribution in [3.8, 4) is 12.3 Å².